The average molecular weight is 704 g/mol. The van der Waals surface area contributed by atoms with Crippen LogP contribution in [0.3, 0.4) is 0 Å². The fourth-order valence-corrected chi connectivity index (χ4v) is 7.21. The molecule has 1 saturated heterocycles. The topological polar surface area (TPSA) is 148 Å². The molecule has 4 heterocycles. The van der Waals surface area contributed by atoms with Gasteiger partial charge in [-0.25, -0.2) is 19.3 Å². The van der Waals surface area contributed by atoms with Crippen LogP contribution in [0.1, 0.15) is 67.9 Å². The highest BCUT2D eigenvalue weighted by molar-refractivity contribution is 6.30. The summed E-state index contributed by atoms with van der Waals surface area (Å²) in [6.07, 6.45) is -1.27. The van der Waals surface area contributed by atoms with E-state index in [1.54, 1.807) is 4.40 Å². The number of nitrogens with zero attached hydrogens (tertiary/aromatic N) is 5. The van der Waals surface area contributed by atoms with Gasteiger partial charge in [-0.3, -0.25) is 18.9 Å². The lowest BCUT2D eigenvalue weighted by Gasteiger charge is -2.42. The Morgan fingerprint density at radius 1 is 1.20 bits per heavy atom. The van der Waals surface area contributed by atoms with Gasteiger partial charge >= 0.3 is 12.1 Å². The summed E-state index contributed by atoms with van der Waals surface area (Å²) >= 11 is 6.62. The van der Waals surface area contributed by atoms with Crippen LogP contribution in [0.5, 0.6) is 0 Å². The maximum Gasteiger partial charge on any atom is 0.416 e. The van der Waals surface area contributed by atoms with Crippen molar-refractivity contribution in [3.05, 3.63) is 70.6 Å². The second-order valence-electron chi connectivity index (χ2n) is 12.9. The van der Waals surface area contributed by atoms with Crippen LogP contribution in [0.25, 0.3) is 16.8 Å². The molecule has 1 aromatic carbocycles. The van der Waals surface area contributed by atoms with Crippen LogP contribution >= 0.6 is 11.6 Å². The van der Waals surface area contributed by atoms with Crippen molar-refractivity contribution in [3.63, 3.8) is 0 Å². The summed E-state index contributed by atoms with van der Waals surface area (Å²) < 4.78 is 62.9. The molecular formula is C33H34ClF4N7O4. The number of carboxylic acid groups (broad SMARTS) is 1. The molecule has 4 N–H and O–H groups in total. The lowest BCUT2D eigenvalue weighted by atomic mass is 9.75. The van der Waals surface area contributed by atoms with Gasteiger partial charge in [-0.15, -0.1) is 0 Å². The Balaban J connectivity index is 1.31. The fourth-order valence-electron chi connectivity index (χ4n) is 6.99. The van der Waals surface area contributed by atoms with Gasteiger partial charge in [0.1, 0.15) is 45.7 Å². The van der Waals surface area contributed by atoms with Gasteiger partial charge in [0.05, 0.1) is 23.8 Å². The molecule has 2 aliphatic rings. The van der Waals surface area contributed by atoms with Crippen LogP contribution in [0.4, 0.5) is 29.2 Å². The smallest absolute Gasteiger partial charge is 0.416 e. The van der Waals surface area contributed by atoms with Gasteiger partial charge in [-0.2, -0.15) is 13.2 Å². The molecule has 0 spiro atoms. The van der Waals surface area contributed by atoms with Gasteiger partial charge in [0.25, 0.3) is 5.91 Å². The summed E-state index contributed by atoms with van der Waals surface area (Å²) in [5.41, 5.74) is 4.56. The normalized spacial score (nSPS) is 23.3. The quantitative estimate of drug-likeness (QED) is 0.184. The number of pyridine rings is 1. The highest BCUT2D eigenvalue weighted by atomic mass is 35.5. The van der Waals surface area contributed by atoms with Crippen molar-refractivity contribution in [1.29, 1.82) is 0 Å². The van der Waals surface area contributed by atoms with Crippen molar-refractivity contribution in [3.8, 4) is 11.3 Å². The maximum atomic E-state index is 15.8. The number of halogens is 5. The molecule has 1 amide bonds. The number of benzene rings is 1. The van der Waals surface area contributed by atoms with Gasteiger partial charge in [0.2, 0.25) is 0 Å². The number of aliphatic carboxylic acids is 1. The molecule has 6 rings (SSSR count). The molecule has 4 aromatic rings. The van der Waals surface area contributed by atoms with E-state index in [1.807, 2.05) is 20.8 Å². The first kappa shape index (κ1) is 34.5. The average Bonchev–Trinajstić information content (AvgIpc) is 3.68. The van der Waals surface area contributed by atoms with Crippen LogP contribution in [-0.2, 0) is 15.7 Å². The van der Waals surface area contributed by atoms with E-state index in [0.29, 0.717) is 44.3 Å². The number of hydrogen-bond acceptors (Lipinski definition) is 8. The van der Waals surface area contributed by atoms with Gasteiger partial charge in [0, 0.05) is 36.0 Å². The van der Waals surface area contributed by atoms with E-state index in [4.69, 9.17) is 27.1 Å². The van der Waals surface area contributed by atoms with Crippen molar-refractivity contribution < 1.29 is 37.0 Å². The van der Waals surface area contributed by atoms with Crippen molar-refractivity contribution in [2.24, 2.45) is 11.3 Å². The molecule has 11 nitrogen and oxygen atoms in total. The predicted octanol–water partition coefficient (Wildman–Crippen LogP) is 6.48. The Labute approximate surface area is 283 Å². The second-order valence-corrected chi connectivity index (χ2v) is 13.3. The standard InChI is InChI=1S/C33H34ClF4N7O4/c1-16(2)32(31(47)48)8-6-20(12-32)44-14-23(49-15-17(44)3)29-43-26(27-28(39)41-13-24(34)45(27)29)21-5-4-18(10-22(21)35)30(46)42-25-11-19(7-9-40-25)33(36,37)38/h4-5,7,9-11,13,16-17,20,23H,6,8,12,14-15H2,1-3H3,(H2,39,41)(H,47,48)(H,40,42,46)/t17-,20+,23+,32+/m0/s1. The first-order valence-corrected chi connectivity index (χ1v) is 16.1. The van der Waals surface area contributed by atoms with E-state index >= 15 is 4.39 Å². The van der Waals surface area contributed by atoms with Crippen LogP contribution in [0, 0.1) is 17.2 Å². The molecule has 0 radical (unpaired) electrons. The number of rotatable bonds is 7. The molecular weight excluding hydrogens is 670 g/mol. The largest absolute Gasteiger partial charge is 0.481 e. The van der Waals surface area contributed by atoms with Crippen LogP contribution in [-0.4, -0.2) is 66.5 Å². The van der Waals surface area contributed by atoms with E-state index in [0.717, 1.165) is 18.3 Å². The lowest BCUT2D eigenvalue weighted by molar-refractivity contribution is -0.152. The summed E-state index contributed by atoms with van der Waals surface area (Å²) in [6, 6.07) is 4.97. The zero-order valence-corrected chi connectivity index (χ0v) is 27.5. The molecule has 260 valence electrons. The van der Waals surface area contributed by atoms with E-state index < -0.39 is 41.0 Å². The number of ether oxygens (including phenoxy) is 1. The van der Waals surface area contributed by atoms with Crippen LogP contribution < -0.4 is 11.1 Å². The number of carbonyl (C=O) groups is 2. The van der Waals surface area contributed by atoms with Gasteiger partial charge < -0.3 is 20.9 Å². The summed E-state index contributed by atoms with van der Waals surface area (Å²) in [7, 11) is 0. The number of imidazole rings is 1. The third-order valence-corrected chi connectivity index (χ3v) is 10.0. The van der Waals surface area contributed by atoms with Crippen molar-refractivity contribution in [2.75, 3.05) is 24.2 Å². The van der Waals surface area contributed by atoms with Crippen molar-refractivity contribution >= 4 is 40.6 Å². The molecule has 49 heavy (non-hydrogen) atoms. The number of amides is 1. The first-order chi connectivity index (χ1) is 23.1. The van der Waals surface area contributed by atoms with Crippen molar-refractivity contribution in [2.45, 2.75) is 64.4 Å². The van der Waals surface area contributed by atoms with Gasteiger partial charge in [-0.05, 0) is 62.4 Å². The monoisotopic (exact) mass is 703 g/mol. The number of carbonyl (C=O) groups excluding carboxylic acids is 1. The summed E-state index contributed by atoms with van der Waals surface area (Å²) in [5, 5.41) is 12.5. The Kier molecular flexibility index (Phi) is 9.05. The lowest BCUT2D eigenvalue weighted by Crippen LogP contribution is -2.50. The van der Waals surface area contributed by atoms with E-state index in [9.17, 15) is 27.9 Å². The highest BCUT2D eigenvalue weighted by Gasteiger charge is 2.50. The number of nitrogens with two attached hydrogens (primary N) is 1. The van der Waals surface area contributed by atoms with Crippen molar-refractivity contribution in [1.82, 2.24) is 24.3 Å². The minimum absolute atomic E-state index is 0.00456. The first-order valence-electron chi connectivity index (χ1n) is 15.7. The molecule has 2 fully saturated rings. The Hall–Kier alpha value is -4.34. The fraction of sp³-hybridized carbons (Fsp3) is 0.424. The molecule has 16 heteroatoms. The van der Waals surface area contributed by atoms with Gasteiger partial charge in [-0.1, -0.05) is 25.4 Å². The van der Waals surface area contributed by atoms with Crippen LogP contribution in [0.15, 0.2) is 42.7 Å². The number of nitrogen functional groups attached to an aromatic ring is 1. The third-order valence-electron chi connectivity index (χ3n) is 9.78. The Morgan fingerprint density at radius 3 is 2.61 bits per heavy atom. The number of hydrogen-bond donors (Lipinski definition) is 3. The zero-order valence-electron chi connectivity index (χ0n) is 26.8. The summed E-state index contributed by atoms with van der Waals surface area (Å²) in [6.45, 7) is 6.58. The number of nitrogens with one attached hydrogen (secondary N) is 1. The number of anilines is 2. The Bertz CT molecular complexity index is 1940. The molecule has 1 aliphatic heterocycles. The molecule has 4 atom stereocenters. The molecule has 0 bridgehead atoms. The van der Waals surface area contributed by atoms with E-state index in [1.165, 1.54) is 18.3 Å². The minimum atomic E-state index is -4.64. The van der Waals surface area contributed by atoms with E-state index in [-0.39, 0.29) is 57.1 Å². The van der Waals surface area contributed by atoms with Crippen LogP contribution in [0.2, 0.25) is 5.15 Å². The summed E-state index contributed by atoms with van der Waals surface area (Å²) in [4.78, 5) is 40.1. The SMILES string of the molecule is CC(C)[C@@]1(C(=O)O)CC[C@@H](N2C[C@H](c3nc(-c4ccc(C(=O)Nc5cc(C(F)(F)F)ccn5)cc4F)c4c(N)ncc(Cl)n34)OC[C@@H]2C)C1. The number of alkyl halides is 3. The molecule has 0 unspecified atom stereocenters. The predicted molar refractivity (Wildman–Crippen MR) is 172 cm³/mol. The Morgan fingerprint density at radius 2 is 1.96 bits per heavy atom. The number of aromatic nitrogens is 4. The minimum Gasteiger partial charge on any atom is -0.481 e. The third kappa shape index (κ3) is 6.30. The maximum absolute atomic E-state index is 15.8. The molecule has 1 aliphatic carbocycles. The molecule has 1 saturated carbocycles. The number of fused-ring (bicyclic) bond motifs is 1. The van der Waals surface area contributed by atoms with Gasteiger partial charge in [0.15, 0.2) is 0 Å². The molecule has 3 aromatic heterocycles. The van der Waals surface area contributed by atoms with E-state index in [2.05, 4.69) is 20.2 Å². The number of morpholine rings is 1. The zero-order chi connectivity index (χ0) is 35.4. The highest BCUT2D eigenvalue weighted by Crippen LogP contribution is 2.47. The summed E-state index contributed by atoms with van der Waals surface area (Å²) in [5.74, 6) is -2.58. The second kappa shape index (κ2) is 12.8. The number of carboxylic acids is 1.